The Kier molecular flexibility index (Phi) is 8.46. The van der Waals surface area contributed by atoms with Crippen LogP contribution in [0.1, 0.15) is 58.4 Å². The number of nitrogens with zero attached hydrogens (tertiary/aromatic N) is 6. The monoisotopic (exact) mass is 724 g/mol. The molecule has 11 nitrogen and oxygen atoms in total. The zero-order valence-corrected chi connectivity index (χ0v) is 30.0. The molecular weight excluding hydrogens is 682 g/mol. The minimum absolute atomic E-state index is 0.0106. The molecule has 2 aromatic heterocycles. The second-order valence-electron chi connectivity index (χ2n) is 15.8. The van der Waals surface area contributed by atoms with Crippen LogP contribution in [0.2, 0.25) is 0 Å². The van der Waals surface area contributed by atoms with Crippen molar-refractivity contribution in [3.8, 4) is 35.4 Å². The van der Waals surface area contributed by atoms with Gasteiger partial charge < -0.3 is 24.6 Å². The maximum Gasteiger partial charge on any atom is 0.410 e. The normalized spacial score (nSPS) is 24.2. The van der Waals surface area contributed by atoms with Crippen molar-refractivity contribution in [3.05, 3.63) is 59.8 Å². The van der Waals surface area contributed by atoms with E-state index in [9.17, 15) is 19.4 Å². The lowest BCUT2D eigenvalue weighted by Crippen LogP contribution is -2.57. The molecule has 2 aromatic carbocycles. The maximum atomic E-state index is 17.1. The molecule has 4 fully saturated rings. The van der Waals surface area contributed by atoms with E-state index in [0.717, 1.165) is 31.3 Å². The fraction of sp³-hybridized carbons (Fsp3) is 0.450. The van der Waals surface area contributed by atoms with Gasteiger partial charge in [0.05, 0.1) is 35.2 Å². The van der Waals surface area contributed by atoms with Gasteiger partial charge in [0.25, 0.3) is 0 Å². The van der Waals surface area contributed by atoms with Crippen LogP contribution in [0.5, 0.6) is 11.8 Å². The van der Waals surface area contributed by atoms with E-state index < -0.39 is 22.8 Å². The molecule has 4 aromatic rings. The van der Waals surface area contributed by atoms with Crippen LogP contribution in [0.3, 0.4) is 0 Å². The summed E-state index contributed by atoms with van der Waals surface area (Å²) in [5, 5.41) is 21.7. The van der Waals surface area contributed by atoms with Crippen molar-refractivity contribution in [2.45, 2.75) is 82.1 Å². The predicted molar refractivity (Wildman–Crippen MR) is 196 cm³/mol. The van der Waals surface area contributed by atoms with E-state index in [0.29, 0.717) is 42.6 Å². The molecule has 8 rings (SSSR count). The van der Waals surface area contributed by atoms with Crippen molar-refractivity contribution >= 4 is 33.6 Å². The number of aromatic nitrogens is 3. The minimum Gasteiger partial charge on any atom is -0.508 e. The van der Waals surface area contributed by atoms with Crippen LogP contribution in [0.15, 0.2) is 42.6 Å². The van der Waals surface area contributed by atoms with E-state index in [4.69, 9.17) is 20.9 Å². The van der Waals surface area contributed by atoms with E-state index in [2.05, 4.69) is 27.4 Å². The number of amides is 1. The van der Waals surface area contributed by atoms with Crippen molar-refractivity contribution in [2.24, 2.45) is 0 Å². The summed E-state index contributed by atoms with van der Waals surface area (Å²) in [4.78, 5) is 33.3. The van der Waals surface area contributed by atoms with Crippen molar-refractivity contribution < 1.29 is 33.3 Å². The molecule has 4 unspecified atom stereocenters. The van der Waals surface area contributed by atoms with Gasteiger partial charge in [-0.1, -0.05) is 24.1 Å². The number of fused-ring (bicyclic) bond motifs is 5. The van der Waals surface area contributed by atoms with Crippen molar-refractivity contribution in [3.63, 3.8) is 0 Å². The van der Waals surface area contributed by atoms with Gasteiger partial charge in [-0.3, -0.25) is 14.8 Å². The quantitative estimate of drug-likeness (QED) is 0.183. The number of benzene rings is 2. The van der Waals surface area contributed by atoms with Gasteiger partial charge in [0.1, 0.15) is 40.8 Å². The summed E-state index contributed by atoms with van der Waals surface area (Å²) in [6.07, 6.45) is 10.7. The van der Waals surface area contributed by atoms with Crippen molar-refractivity contribution in [1.29, 1.82) is 0 Å². The van der Waals surface area contributed by atoms with Gasteiger partial charge >= 0.3 is 12.1 Å². The number of halogens is 2. The molecule has 4 aliphatic rings. The number of phenolic OH excluding ortho intramolecular Hbond substituents is 1. The zero-order chi connectivity index (χ0) is 37.4. The Hall–Kier alpha value is -5.06. The SMILES string of the molecule is C#Cc1c(F)ccc2cc(O)cc(-c3ncc4c(N5CC6CCC(C5)N6C(=O)OC(C)(C)C)nc(OCC56CCC(CO)N5CC(=C)C6)nc4c3F)c12. The number of pyridine rings is 1. The van der Waals surface area contributed by atoms with Crippen LogP contribution in [-0.2, 0) is 4.74 Å². The molecule has 13 heteroatoms. The second kappa shape index (κ2) is 12.8. The average Bonchev–Trinajstić information content (AvgIpc) is 3.71. The van der Waals surface area contributed by atoms with Gasteiger partial charge in [0.15, 0.2) is 5.82 Å². The first-order valence-electron chi connectivity index (χ1n) is 18.0. The lowest BCUT2D eigenvalue weighted by atomic mass is 9.94. The lowest BCUT2D eigenvalue weighted by Gasteiger charge is -2.42. The molecule has 6 heterocycles. The molecule has 276 valence electrons. The van der Waals surface area contributed by atoms with E-state index in [-0.39, 0.29) is 76.9 Å². The summed E-state index contributed by atoms with van der Waals surface area (Å²) in [6, 6.07) is 5.05. The molecule has 0 radical (unpaired) electrons. The highest BCUT2D eigenvalue weighted by molar-refractivity contribution is 6.03. The van der Waals surface area contributed by atoms with Gasteiger partial charge in [-0.2, -0.15) is 9.97 Å². The Morgan fingerprint density at radius 3 is 2.60 bits per heavy atom. The molecule has 4 atom stereocenters. The van der Waals surface area contributed by atoms with E-state index in [1.54, 1.807) is 0 Å². The first-order valence-corrected chi connectivity index (χ1v) is 18.0. The van der Waals surface area contributed by atoms with Crippen LogP contribution >= 0.6 is 0 Å². The largest absolute Gasteiger partial charge is 0.508 e. The van der Waals surface area contributed by atoms with Gasteiger partial charge in [-0.05, 0) is 76.5 Å². The highest BCUT2D eigenvalue weighted by atomic mass is 19.1. The summed E-state index contributed by atoms with van der Waals surface area (Å²) in [7, 11) is 0. The number of anilines is 1. The standard InChI is InChI=1S/C40H42F2N6O5/c1-6-28-31(41)10-7-23-13-27(50)14-29(32(23)28)34-33(42)35-30(16-43-34)36(46-18-24-8-9-25(19-46)48(24)38(51)53-39(3,4)5)45-37(44-35)52-21-40-12-11-26(20-49)47(40)17-22(2)15-40/h1,7,10,13-14,16,24-26,49-50H,2,8-9,11-12,15,17-21H2,3-5H3. The van der Waals surface area contributed by atoms with Gasteiger partial charge in [-0.25, -0.2) is 13.6 Å². The number of ether oxygens (including phenoxy) is 2. The topological polar surface area (TPSA) is 124 Å². The first-order chi connectivity index (χ1) is 25.3. The number of carbonyl (C=O) groups excluding carboxylic acids is 1. The fourth-order valence-electron chi connectivity index (χ4n) is 8.92. The summed E-state index contributed by atoms with van der Waals surface area (Å²) in [6.45, 7) is 11.5. The smallest absolute Gasteiger partial charge is 0.410 e. The number of aliphatic hydroxyl groups excluding tert-OH is 1. The van der Waals surface area contributed by atoms with Gasteiger partial charge in [0, 0.05) is 42.8 Å². The number of terminal acetylenes is 1. The maximum absolute atomic E-state index is 17.1. The summed E-state index contributed by atoms with van der Waals surface area (Å²) in [5.41, 5.74) is -0.217. The molecule has 4 saturated heterocycles. The van der Waals surface area contributed by atoms with E-state index in [1.165, 1.54) is 30.5 Å². The predicted octanol–water partition coefficient (Wildman–Crippen LogP) is 5.93. The average molecular weight is 725 g/mol. The Morgan fingerprint density at radius 2 is 1.91 bits per heavy atom. The third-order valence-electron chi connectivity index (χ3n) is 11.1. The number of aromatic hydroxyl groups is 1. The molecule has 0 aliphatic carbocycles. The Balaban J connectivity index is 1.23. The first kappa shape index (κ1) is 35.0. The number of piperazine rings is 1. The lowest BCUT2D eigenvalue weighted by molar-refractivity contribution is 0.0122. The molecule has 0 saturated carbocycles. The highest BCUT2D eigenvalue weighted by Gasteiger charge is 2.51. The number of aliphatic hydroxyl groups is 1. The Bertz CT molecular complexity index is 2200. The van der Waals surface area contributed by atoms with E-state index >= 15 is 4.39 Å². The molecule has 1 amide bonds. The number of carbonyl (C=O) groups is 1. The molecule has 53 heavy (non-hydrogen) atoms. The van der Waals surface area contributed by atoms with Crippen LogP contribution in [-0.4, -0.2) is 103 Å². The Morgan fingerprint density at radius 1 is 1.15 bits per heavy atom. The fourth-order valence-corrected chi connectivity index (χ4v) is 8.92. The molecular formula is C40H42F2N6O5. The van der Waals surface area contributed by atoms with Crippen LogP contribution in [0, 0.1) is 24.0 Å². The van der Waals surface area contributed by atoms with E-state index in [1.807, 2.05) is 30.6 Å². The number of phenols is 1. The van der Waals surface area contributed by atoms with Gasteiger partial charge in [-0.15, -0.1) is 6.42 Å². The van der Waals surface area contributed by atoms with Crippen molar-refractivity contribution in [1.82, 2.24) is 24.8 Å². The molecule has 2 bridgehead atoms. The molecule has 0 spiro atoms. The number of rotatable bonds is 6. The van der Waals surface area contributed by atoms with Crippen LogP contribution in [0.4, 0.5) is 19.4 Å². The number of hydrogen-bond donors (Lipinski definition) is 2. The van der Waals surface area contributed by atoms with Crippen LogP contribution < -0.4 is 9.64 Å². The number of hydrogen-bond acceptors (Lipinski definition) is 10. The highest BCUT2D eigenvalue weighted by Crippen LogP contribution is 2.45. The Labute approximate surface area is 306 Å². The summed E-state index contributed by atoms with van der Waals surface area (Å²) in [5.74, 6) is 1.13. The zero-order valence-electron chi connectivity index (χ0n) is 30.0. The summed E-state index contributed by atoms with van der Waals surface area (Å²) < 4.78 is 44.2. The second-order valence-corrected chi connectivity index (χ2v) is 15.8. The van der Waals surface area contributed by atoms with Gasteiger partial charge in [0.2, 0.25) is 0 Å². The third-order valence-corrected chi connectivity index (χ3v) is 11.1. The van der Waals surface area contributed by atoms with Crippen LogP contribution in [0.25, 0.3) is 32.9 Å². The van der Waals surface area contributed by atoms with Crippen molar-refractivity contribution in [2.75, 3.05) is 37.7 Å². The third kappa shape index (κ3) is 5.98. The molecule has 4 aliphatic heterocycles. The summed E-state index contributed by atoms with van der Waals surface area (Å²) >= 11 is 0. The molecule has 2 N–H and O–H groups in total. The minimum atomic E-state index is -0.819.